The van der Waals surface area contributed by atoms with Crippen LogP contribution in [0.3, 0.4) is 0 Å². The van der Waals surface area contributed by atoms with Crippen molar-refractivity contribution in [1.82, 2.24) is 15.1 Å². The van der Waals surface area contributed by atoms with E-state index in [0.717, 1.165) is 24.2 Å². The number of nitrogens with zero attached hydrogens (tertiary/aromatic N) is 2. The van der Waals surface area contributed by atoms with E-state index in [1.54, 1.807) is 19.2 Å². The van der Waals surface area contributed by atoms with Gasteiger partial charge in [0.15, 0.2) is 6.61 Å². The summed E-state index contributed by atoms with van der Waals surface area (Å²) in [6.07, 6.45) is 4.79. The minimum absolute atomic E-state index is 0.00977. The van der Waals surface area contributed by atoms with Crippen molar-refractivity contribution in [3.8, 4) is 0 Å². The van der Waals surface area contributed by atoms with Crippen LogP contribution >= 0.6 is 0 Å². The Hall–Kier alpha value is -2.84. The molecule has 4 amide bonds. The second-order valence-electron chi connectivity index (χ2n) is 7.43. The van der Waals surface area contributed by atoms with Crippen LogP contribution in [0.1, 0.15) is 38.4 Å². The summed E-state index contributed by atoms with van der Waals surface area (Å²) in [5.41, 5.74) is -0.922. The van der Waals surface area contributed by atoms with Crippen molar-refractivity contribution in [3.05, 3.63) is 24.2 Å². The lowest BCUT2D eigenvalue weighted by atomic mass is 9.73. The fraction of sp³-hybridized carbons (Fsp3) is 0.579. The first-order valence-electron chi connectivity index (χ1n) is 9.39. The first-order valence-corrected chi connectivity index (χ1v) is 9.39. The SMILES string of the molecule is C[C@H]1CCCC[C@@]12NC(=O)N(CC(=O)OCC(=O)N(C)Cc1ccco1)C2=O. The van der Waals surface area contributed by atoms with E-state index in [1.165, 1.54) is 11.2 Å². The molecule has 1 aliphatic carbocycles. The molecule has 0 bridgehead atoms. The van der Waals surface area contributed by atoms with Gasteiger partial charge < -0.3 is 19.4 Å². The monoisotopic (exact) mass is 391 g/mol. The third-order valence-electron chi connectivity index (χ3n) is 5.54. The van der Waals surface area contributed by atoms with Crippen molar-refractivity contribution >= 4 is 23.8 Å². The van der Waals surface area contributed by atoms with Gasteiger partial charge in [-0.05, 0) is 30.9 Å². The predicted molar refractivity (Wildman–Crippen MR) is 96.7 cm³/mol. The normalized spacial score (nSPS) is 24.4. The molecule has 1 N–H and O–H groups in total. The van der Waals surface area contributed by atoms with Crippen molar-refractivity contribution in [2.24, 2.45) is 5.92 Å². The van der Waals surface area contributed by atoms with E-state index in [2.05, 4.69) is 5.32 Å². The maximum Gasteiger partial charge on any atom is 0.326 e. The first kappa shape index (κ1) is 19.9. The number of likely N-dealkylation sites (N-methyl/N-ethyl adjacent to an activating group) is 1. The molecular weight excluding hydrogens is 366 g/mol. The standard InChI is InChI=1S/C19H25N3O6/c1-13-6-3-4-8-19(13)17(25)22(18(26)20-19)11-16(24)28-12-15(23)21(2)10-14-7-5-9-27-14/h5,7,9,13H,3-4,6,8,10-12H2,1-2H3,(H,20,26)/t13-,19+/m0/s1. The van der Waals surface area contributed by atoms with Gasteiger partial charge in [-0.25, -0.2) is 4.79 Å². The molecule has 0 aromatic carbocycles. The minimum Gasteiger partial charge on any atom is -0.467 e. The number of carbonyl (C=O) groups is 4. The van der Waals surface area contributed by atoms with Crippen molar-refractivity contribution in [3.63, 3.8) is 0 Å². The lowest BCUT2D eigenvalue weighted by Gasteiger charge is -2.36. The number of rotatable bonds is 6. The molecule has 1 aromatic rings. The molecule has 28 heavy (non-hydrogen) atoms. The number of esters is 1. The smallest absolute Gasteiger partial charge is 0.326 e. The molecule has 2 atom stereocenters. The molecule has 2 aliphatic rings. The maximum atomic E-state index is 12.8. The van der Waals surface area contributed by atoms with Crippen LogP contribution in [0.25, 0.3) is 0 Å². The summed E-state index contributed by atoms with van der Waals surface area (Å²) in [6, 6.07) is 2.86. The van der Waals surface area contributed by atoms with Crippen molar-refractivity contribution in [2.75, 3.05) is 20.2 Å². The van der Waals surface area contributed by atoms with Gasteiger partial charge >= 0.3 is 12.0 Å². The minimum atomic E-state index is -0.922. The lowest BCUT2D eigenvalue weighted by Crippen LogP contribution is -2.54. The second kappa shape index (κ2) is 8.04. The Morgan fingerprint density at radius 2 is 2.18 bits per heavy atom. The number of carbonyl (C=O) groups excluding carboxylic acids is 4. The Bertz CT molecular complexity index is 762. The molecule has 0 radical (unpaired) electrons. The van der Waals surface area contributed by atoms with E-state index >= 15 is 0 Å². The van der Waals surface area contributed by atoms with Crippen LogP contribution in [-0.4, -0.2) is 59.4 Å². The molecule has 1 spiro atoms. The maximum absolute atomic E-state index is 12.8. The van der Waals surface area contributed by atoms with Crippen LogP contribution in [0.2, 0.25) is 0 Å². The van der Waals surface area contributed by atoms with Gasteiger partial charge in [0.25, 0.3) is 11.8 Å². The highest BCUT2D eigenvalue weighted by atomic mass is 16.5. The summed E-state index contributed by atoms with van der Waals surface area (Å²) < 4.78 is 10.1. The Morgan fingerprint density at radius 3 is 2.86 bits per heavy atom. The van der Waals surface area contributed by atoms with E-state index in [9.17, 15) is 19.2 Å². The number of ether oxygens (including phenoxy) is 1. The number of imide groups is 1. The fourth-order valence-corrected chi connectivity index (χ4v) is 3.79. The molecule has 0 unspecified atom stereocenters. The average Bonchev–Trinajstić information content (AvgIpc) is 3.25. The number of amides is 4. The Balaban J connectivity index is 1.51. The second-order valence-corrected chi connectivity index (χ2v) is 7.43. The van der Waals surface area contributed by atoms with Crippen LogP contribution in [-0.2, 0) is 25.7 Å². The van der Waals surface area contributed by atoms with Gasteiger partial charge in [0, 0.05) is 7.05 Å². The molecule has 9 heteroatoms. The number of hydrogen-bond acceptors (Lipinski definition) is 6. The quantitative estimate of drug-likeness (QED) is 0.578. The summed E-state index contributed by atoms with van der Waals surface area (Å²) >= 11 is 0. The molecule has 1 saturated heterocycles. The van der Waals surface area contributed by atoms with E-state index in [-0.39, 0.29) is 18.4 Å². The van der Waals surface area contributed by atoms with Crippen LogP contribution in [0, 0.1) is 5.92 Å². The van der Waals surface area contributed by atoms with Crippen LogP contribution in [0.5, 0.6) is 0 Å². The zero-order valence-corrected chi connectivity index (χ0v) is 16.1. The Kier molecular flexibility index (Phi) is 5.71. The van der Waals surface area contributed by atoms with Gasteiger partial charge in [-0.3, -0.25) is 19.3 Å². The van der Waals surface area contributed by atoms with E-state index < -0.39 is 36.6 Å². The van der Waals surface area contributed by atoms with Crippen molar-refractivity contribution in [2.45, 2.75) is 44.7 Å². The van der Waals surface area contributed by atoms with E-state index in [0.29, 0.717) is 12.2 Å². The number of nitrogens with one attached hydrogen (secondary N) is 1. The average molecular weight is 391 g/mol. The topological polar surface area (TPSA) is 109 Å². The van der Waals surface area contributed by atoms with Gasteiger partial charge in [0.2, 0.25) is 0 Å². The highest BCUT2D eigenvalue weighted by Gasteiger charge is 2.55. The predicted octanol–water partition coefficient (Wildman–Crippen LogP) is 1.28. The zero-order chi connectivity index (χ0) is 20.3. The highest BCUT2D eigenvalue weighted by Crippen LogP contribution is 2.38. The number of furan rings is 1. The van der Waals surface area contributed by atoms with Gasteiger partial charge in [0.1, 0.15) is 17.8 Å². The van der Waals surface area contributed by atoms with Crippen LogP contribution in [0.15, 0.2) is 22.8 Å². The molecule has 3 rings (SSSR count). The fourth-order valence-electron chi connectivity index (χ4n) is 3.79. The van der Waals surface area contributed by atoms with Gasteiger partial charge in [-0.1, -0.05) is 19.8 Å². The summed E-state index contributed by atoms with van der Waals surface area (Å²) in [4.78, 5) is 51.5. The van der Waals surface area contributed by atoms with Crippen molar-refractivity contribution in [1.29, 1.82) is 0 Å². The molecule has 1 aromatic heterocycles. The zero-order valence-electron chi connectivity index (χ0n) is 16.1. The first-order chi connectivity index (χ1) is 13.3. The van der Waals surface area contributed by atoms with E-state index in [4.69, 9.17) is 9.15 Å². The van der Waals surface area contributed by atoms with Crippen molar-refractivity contribution < 1.29 is 28.3 Å². The molecule has 2 heterocycles. The van der Waals surface area contributed by atoms with E-state index in [1.807, 2.05) is 6.92 Å². The number of hydrogen-bond donors (Lipinski definition) is 1. The molecule has 1 saturated carbocycles. The third-order valence-corrected chi connectivity index (χ3v) is 5.54. The summed E-state index contributed by atoms with van der Waals surface area (Å²) in [5, 5.41) is 2.78. The third kappa shape index (κ3) is 3.88. The molecule has 1 aliphatic heterocycles. The molecular formula is C19H25N3O6. The number of urea groups is 1. The van der Waals surface area contributed by atoms with Crippen LogP contribution < -0.4 is 5.32 Å². The summed E-state index contributed by atoms with van der Waals surface area (Å²) in [7, 11) is 1.56. The molecule has 9 nitrogen and oxygen atoms in total. The van der Waals surface area contributed by atoms with Gasteiger partial charge in [-0.2, -0.15) is 0 Å². The lowest BCUT2D eigenvalue weighted by molar-refractivity contribution is -0.154. The van der Waals surface area contributed by atoms with Crippen LogP contribution in [0.4, 0.5) is 4.79 Å². The summed E-state index contributed by atoms with van der Waals surface area (Å²) in [6.45, 7) is 1.21. The Morgan fingerprint density at radius 1 is 1.39 bits per heavy atom. The van der Waals surface area contributed by atoms with Gasteiger partial charge in [-0.15, -0.1) is 0 Å². The molecule has 152 valence electrons. The largest absolute Gasteiger partial charge is 0.467 e. The highest BCUT2D eigenvalue weighted by molar-refractivity contribution is 6.09. The molecule has 2 fully saturated rings. The summed E-state index contributed by atoms with van der Waals surface area (Å²) in [5.74, 6) is -0.991. The van der Waals surface area contributed by atoms with Gasteiger partial charge in [0.05, 0.1) is 12.8 Å². The Labute approximate surface area is 163 Å².